The van der Waals surface area contributed by atoms with Crippen LogP contribution in [0.5, 0.6) is 5.75 Å². The Balaban J connectivity index is 2.34. The fourth-order valence-corrected chi connectivity index (χ4v) is 1.34. The van der Waals surface area contributed by atoms with Gasteiger partial charge in [0.15, 0.2) is 0 Å². The molecule has 0 heterocycles. The predicted octanol–water partition coefficient (Wildman–Crippen LogP) is 1.69. The number of benzene rings is 1. The lowest BCUT2D eigenvalue weighted by Gasteiger charge is -2.11. The van der Waals surface area contributed by atoms with Gasteiger partial charge in [-0.1, -0.05) is 12.1 Å². The van der Waals surface area contributed by atoms with Crippen molar-refractivity contribution in [2.45, 2.75) is 6.92 Å². The molecule has 1 aromatic carbocycles. The van der Waals surface area contributed by atoms with E-state index in [9.17, 15) is 4.79 Å². The van der Waals surface area contributed by atoms with E-state index in [-0.39, 0.29) is 5.91 Å². The highest BCUT2D eigenvalue weighted by Crippen LogP contribution is 2.23. The van der Waals surface area contributed by atoms with Crippen LogP contribution in [0.2, 0.25) is 0 Å². The molecule has 1 amide bonds. The Kier molecular flexibility index (Phi) is 6.83. The lowest BCUT2D eigenvalue weighted by atomic mass is 10.3. The molecule has 0 fully saturated rings. The number of ether oxygens (including phenoxy) is 3. The first-order valence-corrected chi connectivity index (χ1v) is 5.80. The third kappa shape index (κ3) is 5.65. The van der Waals surface area contributed by atoms with Crippen molar-refractivity contribution in [1.82, 2.24) is 0 Å². The van der Waals surface area contributed by atoms with Crippen LogP contribution in [0.15, 0.2) is 24.3 Å². The molecule has 0 spiro atoms. The lowest BCUT2D eigenvalue weighted by molar-refractivity contribution is -0.114. The summed E-state index contributed by atoms with van der Waals surface area (Å²) in [5.41, 5.74) is 0.668. The molecule has 1 aromatic rings. The first-order chi connectivity index (χ1) is 8.74. The number of hydrogen-bond acceptors (Lipinski definition) is 4. The highest BCUT2D eigenvalue weighted by molar-refractivity contribution is 5.90. The zero-order chi connectivity index (χ0) is 13.2. The summed E-state index contributed by atoms with van der Waals surface area (Å²) >= 11 is 0. The second kappa shape index (κ2) is 8.49. The van der Waals surface area contributed by atoms with Gasteiger partial charge in [-0.3, -0.25) is 4.79 Å². The third-order valence-electron chi connectivity index (χ3n) is 2.11. The van der Waals surface area contributed by atoms with Crippen molar-refractivity contribution in [2.75, 3.05) is 38.9 Å². The van der Waals surface area contributed by atoms with Crippen LogP contribution >= 0.6 is 0 Å². The minimum Gasteiger partial charge on any atom is -0.489 e. The summed E-state index contributed by atoms with van der Waals surface area (Å²) in [6.07, 6.45) is 0. The lowest BCUT2D eigenvalue weighted by Crippen LogP contribution is -2.12. The van der Waals surface area contributed by atoms with Crippen LogP contribution in [0, 0.1) is 0 Å². The van der Waals surface area contributed by atoms with Crippen molar-refractivity contribution in [2.24, 2.45) is 0 Å². The minimum atomic E-state index is -0.123. The van der Waals surface area contributed by atoms with E-state index in [4.69, 9.17) is 14.2 Å². The summed E-state index contributed by atoms with van der Waals surface area (Å²) in [5, 5.41) is 2.71. The Morgan fingerprint density at radius 1 is 1.17 bits per heavy atom. The Hall–Kier alpha value is -1.59. The van der Waals surface area contributed by atoms with Gasteiger partial charge in [0, 0.05) is 14.0 Å². The monoisotopic (exact) mass is 253 g/mol. The smallest absolute Gasteiger partial charge is 0.221 e. The molecule has 1 N–H and O–H groups in total. The number of methoxy groups -OCH3 is 1. The number of amides is 1. The molecule has 100 valence electrons. The van der Waals surface area contributed by atoms with Crippen LogP contribution in [0.25, 0.3) is 0 Å². The molecule has 0 aliphatic heterocycles. The Bertz CT molecular complexity index is 368. The van der Waals surface area contributed by atoms with Crippen LogP contribution in [-0.4, -0.2) is 39.4 Å². The molecule has 18 heavy (non-hydrogen) atoms. The van der Waals surface area contributed by atoms with Crippen LogP contribution in [0.3, 0.4) is 0 Å². The summed E-state index contributed by atoms with van der Waals surface area (Å²) in [7, 11) is 1.63. The van der Waals surface area contributed by atoms with Crippen molar-refractivity contribution >= 4 is 11.6 Å². The standard InChI is InChI=1S/C13H19NO4/c1-11(15)14-12-5-3-4-6-13(12)18-10-9-17-8-7-16-2/h3-6H,7-10H2,1-2H3,(H,14,15). The van der Waals surface area contributed by atoms with E-state index >= 15 is 0 Å². The van der Waals surface area contributed by atoms with Crippen LogP contribution in [0.1, 0.15) is 6.92 Å². The van der Waals surface area contributed by atoms with Crippen molar-refractivity contribution in [3.63, 3.8) is 0 Å². The quantitative estimate of drug-likeness (QED) is 0.716. The average molecular weight is 253 g/mol. The number of carbonyl (C=O) groups excluding carboxylic acids is 1. The molecule has 0 aliphatic carbocycles. The van der Waals surface area contributed by atoms with Crippen molar-refractivity contribution in [1.29, 1.82) is 0 Å². The number of anilines is 1. The summed E-state index contributed by atoms with van der Waals surface area (Å²) in [4.78, 5) is 11.0. The first-order valence-electron chi connectivity index (χ1n) is 5.80. The molecular formula is C13H19NO4. The Morgan fingerprint density at radius 3 is 2.61 bits per heavy atom. The average Bonchev–Trinajstić information content (AvgIpc) is 2.35. The van der Waals surface area contributed by atoms with E-state index < -0.39 is 0 Å². The molecule has 1 rings (SSSR count). The van der Waals surface area contributed by atoms with E-state index in [1.54, 1.807) is 19.2 Å². The van der Waals surface area contributed by atoms with Gasteiger partial charge in [0.2, 0.25) is 5.91 Å². The van der Waals surface area contributed by atoms with E-state index in [1.807, 2.05) is 12.1 Å². The number of para-hydroxylation sites is 2. The van der Waals surface area contributed by atoms with Gasteiger partial charge >= 0.3 is 0 Å². The molecule has 0 radical (unpaired) electrons. The molecular weight excluding hydrogens is 234 g/mol. The maximum Gasteiger partial charge on any atom is 0.221 e. The van der Waals surface area contributed by atoms with Gasteiger partial charge in [-0.2, -0.15) is 0 Å². The molecule has 0 atom stereocenters. The third-order valence-corrected chi connectivity index (χ3v) is 2.11. The largest absolute Gasteiger partial charge is 0.489 e. The first kappa shape index (κ1) is 14.5. The number of carbonyl (C=O) groups is 1. The zero-order valence-electron chi connectivity index (χ0n) is 10.8. The van der Waals surface area contributed by atoms with E-state index in [2.05, 4.69) is 5.32 Å². The highest BCUT2D eigenvalue weighted by atomic mass is 16.5. The fraction of sp³-hybridized carbons (Fsp3) is 0.462. The number of hydrogen-bond donors (Lipinski definition) is 1. The van der Waals surface area contributed by atoms with Gasteiger partial charge in [-0.25, -0.2) is 0 Å². The van der Waals surface area contributed by atoms with Gasteiger partial charge in [0.25, 0.3) is 0 Å². The molecule has 5 nitrogen and oxygen atoms in total. The maximum absolute atomic E-state index is 11.0. The molecule has 0 aliphatic rings. The SMILES string of the molecule is COCCOCCOc1ccccc1NC(C)=O. The van der Waals surface area contributed by atoms with Crippen LogP contribution < -0.4 is 10.1 Å². The predicted molar refractivity (Wildman–Crippen MR) is 68.9 cm³/mol. The molecule has 0 saturated carbocycles. The molecule has 0 bridgehead atoms. The minimum absolute atomic E-state index is 0.123. The number of nitrogens with one attached hydrogen (secondary N) is 1. The van der Waals surface area contributed by atoms with Crippen molar-refractivity contribution in [3.05, 3.63) is 24.3 Å². The topological polar surface area (TPSA) is 56.8 Å². The molecule has 0 unspecified atom stereocenters. The maximum atomic E-state index is 11.0. The zero-order valence-corrected chi connectivity index (χ0v) is 10.8. The van der Waals surface area contributed by atoms with Gasteiger partial charge in [0.1, 0.15) is 12.4 Å². The van der Waals surface area contributed by atoms with E-state index in [0.717, 1.165) is 0 Å². The van der Waals surface area contributed by atoms with Crippen LogP contribution in [-0.2, 0) is 14.3 Å². The van der Waals surface area contributed by atoms with Crippen molar-refractivity contribution in [3.8, 4) is 5.75 Å². The van der Waals surface area contributed by atoms with Gasteiger partial charge < -0.3 is 19.5 Å². The second-order valence-corrected chi connectivity index (χ2v) is 3.63. The van der Waals surface area contributed by atoms with Crippen LogP contribution in [0.4, 0.5) is 5.69 Å². The van der Waals surface area contributed by atoms with Gasteiger partial charge in [-0.15, -0.1) is 0 Å². The number of rotatable bonds is 8. The molecule has 0 aromatic heterocycles. The Morgan fingerprint density at radius 2 is 1.89 bits per heavy atom. The molecule has 5 heteroatoms. The second-order valence-electron chi connectivity index (χ2n) is 3.63. The van der Waals surface area contributed by atoms with Gasteiger partial charge in [-0.05, 0) is 12.1 Å². The molecule has 0 saturated heterocycles. The summed E-state index contributed by atoms with van der Waals surface area (Å²) in [6, 6.07) is 7.29. The summed E-state index contributed by atoms with van der Waals surface area (Å²) < 4.78 is 15.7. The highest BCUT2D eigenvalue weighted by Gasteiger charge is 2.03. The van der Waals surface area contributed by atoms with Gasteiger partial charge in [0.05, 0.1) is 25.5 Å². The summed E-state index contributed by atoms with van der Waals surface area (Å²) in [5.74, 6) is 0.519. The van der Waals surface area contributed by atoms with E-state index in [1.165, 1.54) is 6.92 Å². The fourth-order valence-electron chi connectivity index (χ4n) is 1.34. The van der Waals surface area contributed by atoms with E-state index in [0.29, 0.717) is 37.9 Å². The summed E-state index contributed by atoms with van der Waals surface area (Å²) in [6.45, 7) is 3.50. The van der Waals surface area contributed by atoms with Crippen molar-refractivity contribution < 1.29 is 19.0 Å². The normalized spacial score (nSPS) is 10.1. The Labute approximate surface area is 107 Å².